The van der Waals surface area contributed by atoms with Gasteiger partial charge in [0.2, 0.25) is 0 Å². The predicted molar refractivity (Wildman–Crippen MR) is 223 cm³/mol. The number of para-hydroxylation sites is 3. The van der Waals surface area contributed by atoms with Crippen molar-refractivity contribution in [1.82, 2.24) is 0 Å². The molecule has 0 saturated heterocycles. The Balaban J connectivity index is 1.29. The van der Waals surface area contributed by atoms with Gasteiger partial charge in [0.05, 0.1) is 86.5 Å². The number of benzene rings is 6. The first kappa shape index (κ1) is 38.0. The van der Waals surface area contributed by atoms with E-state index in [2.05, 4.69) is 0 Å². The lowest BCUT2D eigenvalue weighted by Gasteiger charge is -2.30. The van der Waals surface area contributed by atoms with Crippen LogP contribution in [0.2, 0.25) is 30.1 Å². The van der Waals surface area contributed by atoms with Crippen molar-refractivity contribution < 1.29 is 28.8 Å². The molecule has 6 aromatic rings. The molecule has 6 aromatic carbocycles. The molecule has 15 heteroatoms. The minimum atomic E-state index is -0.699. The zero-order chi connectivity index (χ0) is 40.9. The molecule has 6 amide bonds. The van der Waals surface area contributed by atoms with Crippen LogP contribution in [-0.4, -0.2) is 35.4 Å². The van der Waals surface area contributed by atoms with E-state index in [1.165, 1.54) is 36.4 Å². The van der Waals surface area contributed by atoms with Crippen LogP contribution in [0.3, 0.4) is 0 Å². The number of fused-ring (bicyclic) bond motifs is 3. The van der Waals surface area contributed by atoms with E-state index >= 15 is 0 Å². The molecule has 3 aliphatic rings. The topological polar surface area (TPSA) is 112 Å². The van der Waals surface area contributed by atoms with Gasteiger partial charge in [-0.15, -0.1) is 0 Å². The van der Waals surface area contributed by atoms with Gasteiger partial charge in [0.1, 0.15) is 0 Å². The number of nitrogens with zero attached hydrogens (tertiary/aromatic N) is 3. The molecule has 0 unspecified atom stereocenters. The van der Waals surface area contributed by atoms with Gasteiger partial charge in [0.25, 0.3) is 35.4 Å². The van der Waals surface area contributed by atoms with Gasteiger partial charge in [-0.25, -0.2) is 14.7 Å². The zero-order valence-electron chi connectivity index (χ0n) is 29.0. The second-order valence-electron chi connectivity index (χ2n) is 13.2. The number of hydrogen-bond donors (Lipinski definition) is 0. The fourth-order valence-electron chi connectivity index (χ4n) is 7.43. The van der Waals surface area contributed by atoms with Crippen LogP contribution in [0.4, 0.5) is 17.1 Å². The first-order valence-corrected chi connectivity index (χ1v) is 19.3. The Bertz CT molecular complexity index is 2500. The molecule has 9 nitrogen and oxygen atoms in total. The minimum Gasteiger partial charge on any atom is -0.268 e. The highest BCUT2D eigenvalue weighted by molar-refractivity contribution is 6.46. The maximum atomic E-state index is 14.2. The summed E-state index contributed by atoms with van der Waals surface area (Å²) in [5, 5.41) is 0.410. The lowest BCUT2D eigenvalue weighted by Crippen LogP contribution is -2.33. The Hall–Kier alpha value is -5.52. The minimum absolute atomic E-state index is 0.0169. The van der Waals surface area contributed by atoms with E-state index in [1.54, 1.807) is 72.8 Å². The fourth-order valence-corrected chi connectivity index (χ4v) is 8.42. The summed E-state index contributed by atoms with van der Waals surface area (Å²) in [7, 11) is 0. The van der Waals surface area contributed by atoms with Crippen molar-refractivity contribution in [2.45, 2.75) is 0 Å². The first-order valence-electron chi connectivity index (χ1n) is 17.1. The average Bonchev–Trinajstić information content (AvgIpc) is 3.69. The van der Waals surface area contributed by atoms with Crippen LogP contribution in [-0.2, 0) is 0 Å². The van der Waals surface area contributed by atoms with Gasteiger partial charge in [-0.1, -0.05) is 124 Å². The second-order valence-corrected chi connectivity index (χ2v) is 15.6. The van der Waals surface area contributed by atoms with E-state index in [-0.39, 0.29) is 103 Å². The largest absolute Gasteiger partial charge is 0.268 e. The van der Waals surface area contributed by atoms with Crippen molar-refractivity contribution in [2.24, 2.45) is 0 Å². The number of carbonyl (C=O) groups excluding carboxylic acids is 6. The summed E-state index contributed by atoms with van der Waals surface area (Å²) in [5.74, 6) is -3.98. The highest BCUT2D eigenvalue weighted by Gasteiger charge is 2.44. The highest BCUT2D eigenvalue weighted by atomic mass is 35.5. The van der Waals surface area contributed by atoms with E-state index < -0.39 is 35.4 Å². The van der Waals surface area contributed by atoms with Crippen LogP contribution >= 0.6 is 69.6 Å². The van der Waals surface area contributed by atoms with Crippen molar-refractivity contribution in [1.29, 1.82) is 0 Å². The molecule has 0 saturated carbocycles. The molecule has 0 aromatic heterocycles. The third-order valence-corrected chi connectivity index (χ3v) is 12.2. The molecule has 0 N–H and O–H groups in total. The van der Waals surface area contributed by atoms with Crippen molar-refractivity contribution in [3.63, 3.8) is 0 Å². The fraction of sp³-hybridized carbons (Fsp3) is 0. The van der Waals surface area contributed by atoms with Crippen LogP contribution in [0, 0.1) is 5.92 Å². The third-order valence-electron chi connectivity index (χ3n) is 10.0. The number of amides is 6. The third kappa shape index (κ3) is 5.68. The molecule has 1 radical (unpaired) electrons. The lowest BCUT2D eigenvalue weighted by atomic mass is 9.81. The Labute approximate surface area is 358 Å². The monoisotopic (exact) mass is 882 g/mol. The average molecular weight is 885 g/mol. The van der Waals surface area contributed by atoms with Gasteiger partial charge >= 0.3 is 0 Å². The van der Waals surface area contributed by atoms with Crippen LogP contribution in [0.15, 0.2) is 109 Å². The van der Waals surface area contributed by atoms with Crippen molar-refractivity contribution in [3.8, 4) is 0 Å². The summed E-state index contributed by atoms with van der Waals surface area (Å²) in [6.07, 6.45) is 0. The molecule has 3 heterocycles. The first-order chi connectivity index (χ1) is 27.8. The Morgan fingerprint density at radius 1 is 0.310 bits per heavy atom. The normalized spacial score (nSPS) is 14.6. The molecule has 58 heavy (non-hydrogen) atoms. The summed E-state index contributed by atoms with van der Waals surface area (Å²) in [6, 6.07) is 27.3. The molecule has 0 aliphatic carbocycles. The second kappa shape index (κ2) is 14.1. The van der Waals surface area contributed by atoms with Crippen LogP contribution < -0.4 is 14.7 Å². The van der Waals surface area contributed by atoms with E-state index in [0.717, 1.165) is 14.7 Å². The molecular weight excluding hydrogens is 867 g/mol. The van der Waals surface area contributed by atoms with Gasteiger partial charge < -0.3 is 0 Å². The van der Waals surface area contributed by atoms with Gasteiger partial charge in [0, 0.05) is 0 Å². The van der Waals surface area contributed by atoms with Crippen molar-refractivity contribution >= 4 is 122 Å². The molecule has 0 atom stereocenters. The summed E-state index contributed by atoms with van der Waals surface area (Å²) in [6.45, 7) is 0. The maximum absolute atomic E-state index is 14.2. The van der Waals surface area contributed by atoms with Gasteiger partial charge in [-0.05, 0) is 71.3 Å². The summed E-state index contributed by atoms with van der Waals surface area (Å²) in [4.78, 5) is 87.9. The Kier molecular flexibility index (Phi) is 9.24. The SMILES string of the molecule is O=C1c2cc(Cl)c(Cl)cc2C(=O)N1c1ccccc1[C](c1ccccc1N1C(=O)c2cc(Cl)c(Cl)cc2C1=O)c1ccccc1N1C(=O)c2cc(Cl)c(Cl)cc2C1=O. The number of hydrogen-bond acceptors (Lipinski definition) is 6. The van der Waals surface area contributed by atoms with E-state index in [9.17, 15) is 28.8 Å². The molecule has 0 spiro atoms. The molecular formula is C43H18Cl6N3O6. The van der Waals surface area contributed by atoms with Gasteiger partial charge in [-0.2, -0.15) is 0 Å². The molecule has 283 valence electrons. The Morgan fingerprint density at radius 3 is 0.707 bits per heavy atom. The predicted octanol–water partition coefficient (Wildman–Crippen LogP) is 11.0. The number of carbonyl (C=O) groups is 6. The smallest absolute Gasteiger partial charge is 0.266 e. The van der Waals surface area contributed by atoms with Gasteiger partial charge in [-0.3, -0.25) is 28.8 Å². The van der Waals surface area contributed by atoms with Crippen molar-refractivity contribution in [3.05, 3.63) is 195 Å². The lowest BCUT2D eigenvalue weighted by molar-refractivity contribution is 0.0910. The van der Waals surface area contributed by atoms with E-state index in [1.807, 2.05) is 0 Å². The summed E-state index contributed by atoms with van der Waals surface area (Å²) in [5.41, 5.74) is 1.06. The van der Waals surface area contributed by atoms with E-state index in [0.29, 0.717) is 0 Å². The summed E-state index contributed by atoms with van der Waals surface area (Å²) >= 11 is 37.7. The molecule has 0 bridgehead atoms. The van der Waals surface area contributed by atoms with Crippen LogP contribution in [0.25, 0.3) is 0 Å². The molecule has 0 fully saturated rings. The summed E-state index contributed by atoms with van der Waals surface area (Å²) < 4.78 is 0. The van der Waals surface area contributed by atoms with Gasteiger partial charge in [0.15, 0.2) is 0 Å². The highest BCUT2D eigenvalue weighted by Crippen LogP contribution is 2.48. The van der Waals surface area contributed by atoms with E-state index in [4.69, 9.17) is 69.6 Å². The molecule has 9 rings (SSSR count). The number of imide groups is 3. The quantitative estimate of drug-likeness (QED) is 0.122. The van der Waals surface area contributed by atoms with Crippen LogP contribution in [0.5, 0.6) is 0 Å². The maximum Gasteiger partial charge on any atom is 0.266 e. The molecule has 3 aliphatic heterocycles. The number of rotatable bonds is 6. The number of halogens is 6. The van der Waals surface area contributed by atoms with Crippen molar-refractivity contribution in [2.75, 3.05) is 14.7 Å². The van der Waals surface area contributed by atoms with Crippen LogP contribution in [0.1, 0.15) is 78.8 Å². The number of anilines is 3. The standard InChI is InChI=1S/C43H18Cl6N3O6/c44-28-13-22-23(14-29(28)45)39(54)50(38(22)53)34-10-4-1-7-19(34)37(20-8-2-5-11-35(20)51-40(55)24-15-30(46)31(47)16-25(24)41(51)56)21-9-3-6-12-36(21)52-42(57)26-17-32(48)33(49)18-27(26)43(52)58/h1-18H. The Morgan fingerprint density at radius 2 is 0.500 bits per heavy atom. The zero-order valence-corrected chi connectivity index (χ0v) is 33.5.